The van der Waals surface area contributed by atoms with Gasteiger partial charge in [0.2, 0.25) is 5.91 Å². The molecule has 2 fully saturated rings. The van der Waals surface area contributed by atoms with Crippen LogP contribution in [-0.4, -0.2) is 51.3 Å². The lowest BCUT2D eigenvalue weighted by Crippen LogP contribution is -2.50. The molecule has 0 aromatic carbocycles. The summed E-state index contributed by atoms with van der Waals surface area (Å²) in [5.74, 6) is 0.0371. The molecule has 3 aliphatic rings. The van der Waals surface area contributed by atoms with Crippen molar-refractivity contribution in [2.24, 2.45) is 5.92 Å². The van der Waals surface area contributed by atoms with Gasteiger partial charge in [0.15, 0.2) is 0 Å². The lowest BCUT2D eigenvalue weighted by atomic mass is 9.87. The Morgan fingerprint density at radius 2 is 2.15 bits per heavy atom. The molecule has 0 radical (unpaired) electrons. The van der Waals surface area contributed by atoms with Crippen LogP contribution in [0.5, 0.6) is 0 Å². The van der Waals surface area contributed by atoms with Gasteiger partial charge in [-0.1, -0.05) is 0 Å². The minimum atomic E-state index is -0.875. The fourth-order valence-corrected chi connectivity index (χ4v) is 5.39. The molecule has 8 heteroatoms. The number of fused-ring (bicyclic) bond motifs is 3. The Morgan fingerprint density at radius 1 is 1.33 bits per heavy atom. The monoisotopic (exact) mass is 386 g/mol. The van der Waals surface area contributed by atoms with E-state index in [4.69, 9.17) is 0 Å². The number of hydrogen-bond acceptors (Lipinski definition) is 4. The molecule has 1 saturated carbocycles. The second kappa shape index (κ2) is 5.82. The van der Waals surface area contributed by atoms with Crippen molar-refractivity contribution in [1.82, 2.24) is 19.7 Å². The van der Waals surface area contributed by atoms with E-state index in [0.29, 0.717) is 19.5 Å². The van der Waals surface area contributed by atoms with Gasteiger partial charge >= 0.3 is 6.03 Å². The Bertz CT molecular complexity index is 959. The van der Waals surface area contributed by atoms with Gasteiger partial charge < -0.3 is 14.8 Å². The number of imide groups is 1. The first kappa shape index (κ1) is 16.8. The van der Waals surface area contributed by atoms with E-state index in [1.807, 2.05) is 4.90 Å². The van der Waals surface area contributed by atoms with E-state index < -0.39 is 5.54 Å². The Hall–Kier alpha value is -2.35. The third kappa shape index (κ3) is 2.50. The van der Waals surface area contributed by atoms with Gasteiger partial charge in [0.25, 0.3) is 5.91 Å². The summed E-state index contributed by atoms with van der Waals surface area (Å²) in [6.07, 6.45) is 2.54. The van der Waals surface area contributed by atoms with Crippen LogP contribution in [0, 0.1) is 5.92 Å². The SMILES string of the molecule is CN1C(=O)N[C@@](CCC(=O)N2CCn3c(cc4sccc43)C2)(C2CC2)C1=O. The third-order valence-electron chi connectivity index (χ3n) is 6.24. The lowest BCUT2D eigenvalue weighted by Gasteiger charge is -2.31. The largest absolute Gasteiger partial charge is 0.340 e. The van der Waals surface area contributed by atoms with Crippen LogP contribution in [0.3, 0.4) is 0 Å². The summed E-state index contributed by atoms with van der Waals surface area (Å²) < 4.78 is 3.55. The summed E-state index contributed by atoms with van der Waals surface area (Å²) >= 11 is 1.72. The summed E-state index contributed by atoms with van der Waals surface area (Å²) in [5.41, 5.74) is 1.54. The molecule has 1 aliphatic carbocycles. The van der Waals surface area contributed by atoms with Gasteiger partial charge in [0.1, 0.15) is 5.54 Å². The molecule has 2 aromatic rings. The molecule has 5 rings (SSSR count). The zero-order valence-electron chi connectivity index (χ0n) is 15.2. The van der Waals surface area contributed by atoms with E-state index in [0.717, 1.165) is 24.3 Å². The normalized spacial score (nSPS) is 25.2. The van der Waals surface area contributed by atoms with Crippen LogP contribution in [0.15, 0.2) is 17.5 Å². The predicted octanol–water partition coefficient (Wildman–Crippen LogP) is 2.16. The summed E-state index contributed by atoms with van der Waals surface area (Å²) in [6, 6.07) is 3.95. The summed E-state index contributed by atoms with van der Waals surface area (Å²) in [4.78, 5) is 40.5. The highest BCUT2D eigenvalue weighted by Gasteiger charge is 2.57. The second-order valence-electron chi connectivity index (χ2n) is 7.81. The summed E-state index contributed by atoms with van der Waals surface area (Å²) in [7, 11) is 1.51. The predicted molar refractivity (Wildman–Crippen MR) is 101 cm³/mol. The fraction of sp³-hybridized carbons (Fsp3) is 0.526. The number of carbonyl (C=O) groups is 3. The van der Waals surface area contributed by atoms with Crippen molar-refractivity contribution in [2.45, 2.75) is 44.3 Å². The molecule has 4 amide bonds. The van der Waals surface area contributed by atoms with Crippen LogP contribution >= 0.6 is 11.3 Å². The maximum Gasteiger partial charge on any atom is 0.324 e. The Labute approximate surface area is 160 Å². The van der Waals surface area contributed by atoms with E-state index in [9.17, 15) is 14.4 Å². The number of urea groups is 1. The van der Waals surface area contributed by atoms with Crippen LogP contribution in [-0.2, 0) is 22.7 Å². The van der Waals surface area contributed by atoms with Crippen LogP contribution in [0.2, 0.25) is 0 Å². The van der Waals surface area contributed by atoms with Crippen LogP contribution in [0.4, 0.5) is 4.79 Å². The van der Waals surface area contributed by atoms with Gasteiger partial charge in [0.05, 0.1) is 16.8 Å². The van der Waals surface area contributed by atoms with Crippen molar-refractivity contribution in [1.29, 1.82) is 0 Å². The minimum Gasteiger partial charge on any atom is -0.340 e. The van der Waals surface area contributed by atoms with Gasteiger partial charge in [0, 0.05) is 32.3 Å². The molecule has 0 unspecified atom stereocenters. The molecule has 4 heterocycles. The van der Waals surface area contributed by atoms with E-state index in [1.165, 1.54) is 23.0 Å². The van der Waals surface area contributed by atoms with Crippen molar-refractivity contribution in [3.63, 3.8) is 0 Å². The van der Waals surface area contributed by atoms with Gasteiger partial charge in [-0.25, -0.2) is 4.79 Å². The fourth-order valence-electron chi connectivity index (χ4n) is 4.54. The van der Waals surface area contributed by atoms with Gasteiger partial charge in [-0.2, -0.15) is 0 Å². The van der Waals surface area contributed by atoms with E-state index in [1.54, 1.807) is 11.3 Å². The lowest BCUT2D eigenvalue weighted by molar-refractivity contribution is -0.134. The number of aromatic nitrogens is 1. The van der Waals surface area contributed by atoms with Crippen LogP contribution in [0.25, 0.3) is 10.2 Å². The molecular formula is C19H22N4O3S. The van der Waals surface area contributed by atoms with Crippen molar-refractivity contribution in [3.8, 4) is 0 Å². The number of hydrogen-bond donors (Lipinski definition) is 1. The highest BCUT2D eigenvalue weighted by Crippen LogP contribution is 2.45. The minimum absolute atomic E-state index is 0.0578. The first-order chi connectivity index (χ1) is 13.0. The quantitative estimate of drug-likeness (QED) is 0.819. The van der Waals surface area contributed by atoms with Crippen LogP contribution < -0.4 is 5.32 Å². The number of thiophene rings is 1. The Kier molecular flexibility index (Phi) is 3.62. The van der Waals surface area contributed by atoms with Crippen molar-refractivity contribution in [3.05, 3.63) is 23.2 Å². The zero-order valence-corrected chi connectivity index (χ0v) is 16.1. The molecule has 0 bridgehead atoms. The molecule has 1 N–H and O–H groups in total. The van der Waals surface area contributed by atoms with Crippen molar-refractivity contribution < 1.29 is 14.4 Å². The average Bonchev–Trinajstić information content (AvgIpc) is 3.27. The molecule has 27 heavy (non-hydrogen) atoms. The van der Waals surface area contributed by atoms with E-state index >= 15 is 0 Å². The summed E-state index contributed by atoms with van der Waals surface area (Å²) in [6.45, 7) is 2.09. The van der Waals surface area contributed by atoms with Gasteiger partial charge in [-0.15, -0.1) is 11.3 Å². The van der Waals surface area contributed by atoms with E-state index in [-0.39, 0.29) is 30.2 Å². The molecular weight excluding hydrogens is 364 g/mol. The molecule has 2 aliphatic heterocycles. The van der Waals surface area contributed by atoms with Crippen molar-refractivity contribution >= 4 is 39.4 Å². The first-order valence-corrected chi connectivity index (χ1v) is 10.3. The standard InChI is InChI=1S/C19H22N4O3S/c1-21-17(25)19(12-2-3-12,20-18(21)26)6-4-16(24)22-7-8-23-13(11-22)10-15-14(23)5-9-27-15/h5,9-10,12H,2-4,6-8,11H2,1H3,(H,20,26)/t19-/m0/s1. The number of rotatable bonds is 4. The number of carbonyl (C=O) groups excluding carboxylic acids is 3. The highest BCUT2D eigenvalue weighted by atomic mass is 32.1. The zero-order chi connectivity index (χ0) is 18.8. The van der Waals surface area contributed by atoms with Gasteiger partial charge in [-0.3, -0.25) is 14.5 Å². The third-order valence-corrected chi connectivity index (χ3v) is 7.09. The topological polar surface area (TPSA) is 74.7 Å². The van der Waals surface area contributed by atoms with Gasteiger partial charge in [-0.05, 0) is 42.7 Å². The molecule has 1 atom stereocenters. The average molecular weight is 386 g/mol. The molecule has 142 valence electrons. The van der Waals surface area contributed by atoms with E-state index in [2.05, 4.69) is 27.4 Å². The number of nitrogens with zero attached hydrogens (tertiary/aromatic N) is 3. The first-order valence-electron chi connectivity index (χ1n) is 9.43. The Balaban J connectivity index is 1.29. The van der Waals surface area contributed by atoms with Crippen molar-refractivity contribution in [2.75, 3.05) is 13.6 Å². The maximum atomic E-state index is 12.9. The highest BCUT2D eigenvalue weighted by molar-refractivity contribution is 7.17. The molecule has 2 aromatic heterocycles. The number of likely N-dealkylation sites (N-methyl/N-ethyl adjacent to an activating group) is 1. The molecule has 7 nitrogen and oxygen atoms in total. The maximum absolute atomic E-state index is 12.9. The number of nitrogens with one attached hydrogen (secondary N) is 1. The smallest absolute Gasteiger partial charge is 0.324 e. The molecule has 0 spiro atoms. The van der Waals surface area contributed by atoms with Crippen LogP contribution in [0.1, 0.15) is 31.4 Å². The second-order valence-corrected chi connectivity index (χ2v) is 8.76. The molecule has 1 saturated heterocycles. The Morgan fingerprint density at radius 3 is 2.85 bits per heavy atom. The summed E-state index contributed by atoms with van der Waals surface area (Å²) in [5, 5.41) is 4.98. The number of amides is 4.